The maximum atomic E-state index is 5.99. The summed E-state index contributed by atoms with van der Waals surface area (Å²) in [5.74, 6) is 0.957. The maximum absolute atomic E-state index is 5.99. The molecule has 0 radical (unpaired) electrons. The van der Waals surface area contributed by atoms with Gasteiger partial charge in [0.05, 0.1) is 11.1 Å². The molecule has 0 fully saturated rings. The predicted octanol–water partition coefficient (Wildman–Crippen LogP) is 2.59. The molecule has 0 amide bonds. The number of nitrogens with zero attached hydrogens (tertiary/aromatic N) is 4. The summed E-state index contributed by atoms with van der Waals surface area (Å²) in [6.07, 6.45) is 0.764. The first-order valence-corrected chi connectivity index (χ1v) is 5.70. The zero-order valence-corrected chi connectivity index (χ0v) is 9.84. The first kappa shape index (κ1) is 10.5. The number of aryl methyl sites for hydroxylation is 1. The molecule has 7 heteroatoms. The van der Waals surface area contributed by atoms with E-state index in [1.165, 1.54) is 11.5 Å². The van der Waals surface area contributed by atoms with E-state index in [0.717, 1.165) is 17.0 Å². The van der Waals surface area contributed by atoms with Gasteiger partial charge < -0.3 is 4.52 Å². The highest BCUT2D eigenvalue weighted by Gasteiger charge is 2.18. The lowest BCUT2D eigenvalue weighted by Gasteiger charge is -1.95. The second kappa shape index (κ2) is 4.24. The van der Waals surface area contributed by atoms with Gasteiger partial charge in [-0.2, -0.15) is 4.98 Å². The van der Waals surface area contributed by atoms with Gasteiger partial charge in [-0.15, -0.1) is 16.7 Å². The Labute approximate surface area is 95.6 Å². The fourth-order valence-electron chi connectivity index (χ4n) is 1.06. The standard InChI is InChI=1S/C8H9ClN4OS/c1-3-5(9)7-10-8(14-12-7)6-4(2)11-13-15-6/h5H,3H2,1-2H3. The molecule has 0 N–H and O–H groups in total. The summed E-state index contributed by atoms with van der Waals surface area (Å²) in [6.45, 7) is 3.81. The lowest BCUT2D eigenvalue weighted by molar-refractivity contribution is 0.422. The zero-order valence-electron chi connectivity index (χ0n) is 8.27. The Balaban J connectivity index is 2.32. The summed E-state index contributed by atoms with van der Waals surface area (Å²) in [7, 11) is 0. The van der Waals surface area contributed by atoms with Crippen LogP contribution in [0.3, 0.4) is 0 Å². The Bertz CT molecular complexity index is 455. The minimum atomic E-state index is -0.205. The van der Waals surface area contributed by atoms with Gasteiger partial charge in [0.15, 0.2) is 5.82 Å². The second-order valence-corrected chi connectivity index (χ2v) is 4.30. The van der Waals surface area contributed by atoms with Crippen LogP contribution in [0.15, 0.2) is 4.52 Å². The predicted molar refractivity (Wildman–Crippen MR) is 56.8 cm³/mol. The Morgan fingerprint density at radius 3 is 2.93 bits per heavy atom. The summed E-state index contributed by atoms with van der Waals surface area (Å²) in [5.41, 5.74) is 0.790. The molecule has 1 atom stereocenters. The number of alkyl halides is 1. The molecule has 15 heavy (non-hydrogen) atoms. The molecule has 0 saturated carbocycles. The van der Waals surface area contributed by atoms with E-state index in [1.807, 2.05) is 13.8 Å². The van der Waals surface area contributed by atoms with E-state index >= 15 is 0 Å². The van der Waals surface area contributed by atoms with Crippen molar-refractivity contribution in [3.63, 3.8) is 0 Å². The van der Waals surface area contributed by atoms with Crippen LogP contribution < -0.4 is 0 Å². The summed E-state index contributed by atoms with van der Waals surface area (Å²) >= 11 is 7.23. The lowest BCUT2D eigenvalue weighted by Crippen LogP contribution is -1.90. The SMILES string of the molecule is CCC(Cl)c1noc(-c2snnc2C)n1. The Morgan fingerprint density at radius 2 is 2.33 bits per heavy atom. The molecular weight excluding hydrogens is 236 g/mol. The second-order valence-electron chi connectivity index (χ2n) is 3.02. The average Bonchev–Trinajstić information content (AvgIpc) is 2.84. The van der Waals surface area contributed by atoms with E-state index < -0.39 is 0 Å². The highest BCUT2D eigenvalue weighted by atomic mass is 35.5. The van der Waals surface area contributed by atoms with Gasteiger partial charge >= 0.3 is 0 Å². The van der Waals surface area contributed by atoms with Crippen molar-refractivity contribution in [1.82, 2.24) is 19.7 Å². The first-order chi connectivity index (χ1) is 7.22. The van der Waals surface area contributed by atoms with E-state index in [-0.39, 0.29) is 5.38 Å². The molecule has 0 aliphatic rings. The molecule has 2 rings (SSSR count). The van der Waals surface area contributed by atoms with Gasteiger partial charge in [0.1, 0.15) is 4.88 Å². The van der Waals surface area contributed by atoms with Gasteiger partial charge in [-0.05, 0) is 24.9 Å². The van der Waals surface area contributed by atoms with Crippen LogP contribution in [-0.4, -0.2) is 19.7 Å². The fraction of sp³-hybridized carbons (Fsp3) is 0.500. The molecule has 0 saturated heterocycles. The van der Waals surface area contributed by atoms with Crippen LogP contribution in [0, 0.1) is 6.92 Å². The normalized spacial score (nSPS) is 13.0. The van der Waals surface area contributed by atoms with Gasteiger partial charge in [0, 0.05) is 0 Å². The highest BCUT2D eigenvalue weighted by Crippen LogP contribution is 2.27. The zero-order chi connectivity index (χ0) is 10.8. The number of aromatic nitrogens is 4. The summed E-state index contributed by atoms with van der Waals surface area (Å²) in [4.78, 5) is 5.00. The van der Waals surface area contributed by atoms with Crippen LogP contribution >= 0.6 is 23.1 Å². The Morgan fingerprint density at radius 1 is 1.53 bits per heavy atom. The summed E-state index contributed by atoms with van der Waals surface area (Å²) in [5, 5.41) is 7.49. The van der Waals surface area contributed by atoms with E-state index in [1.54, 1.807) is 0 Å². The number of hydrogen-bond donors (Lipinski definition) is 0. The van der Waals surface area contributed by atoms with Gasteiger partial charge in [0.25, 0.3) is 5.89 Å². The Kier molecular flexibility index (Phi) is 2.97. The van der Waals surface area contributed by atoms with Crippen LogP contribution in [0.5, 0.6) is 0 Å². The van der Waals surface area contributed by atoms with E-state index in [0.29, 0.717) is 11.7 Å². The molecule has 5 nitrogen and oxygen atoms in total. The van der Waals surface area contributed by atoms with Crippen LogP contribution in [-0.2, 0) is 0 Å². The molecule has 0 aliphatic carbocycles. The molecule has 2 aromatic heterocycles. The Hall–Kier alpha value is -1.01. The molecule has 2 aromatic rings. The van der Waals surface area contributed by atoms with Crippen LogP contribution in [0.4, 0.5) is 0 Å². The number of halogens is 1. The first-order valence-electron chi connectivity index (χ1n) is 4.49. The van der Waals surface area contributed by atoms with E-state index in [2.05, 4.69) is 19.7 Å². The minimum absolute atomic E-state index is 0.205. The molecule has 0 aromatic carbocycles. The van der Waals surface area contributed by atoms with Gasteiger partial charge in [0.2, 0.25) is 0 Å². The van der Waals surface area contributed by atoms with Gasteiger partial charge in [-0.1, -0.05) is 16.6 Å². The van der Waals surface area contributed by atoms with Crippen molar-refractivity contribution in [2.75, 3.05) is 0 Å². The van der Waals surface area contributed by atoms with Crippen LogP contribution in [0.2, 0.25) is 0 Å². The van der Waals surface area contributed by atoms with Crippen molar-refractivity contribution in [2.45, 2.75) is 25.6 Å². The fourth-order valence-corrected chi connectivity index (χ4v) is 1.73. The molecule has 0 bridgehead atoms. The third-order valence-electron chi connectivity index (χ3n) is 1.93. The third-order valence-corrected chi connectivity index (χ3v) is 3.25. The number of rotatable bonds is 3. The highest BCUT2D eigenvalue weighted by molar-refractivity contribution is 7.09. The van der Waals surface area contributed by atoms with Crippen molar-refractivity contribution < 1.29 is 4.52 Å². The smallest absolute Gasteiger partial charge is 0.271 e. The average molecular weight is 245 g/mol. The molecule has 1 unspecified atom stereocenters. The van der Waals surface area contributed by atoms with Crippen LogP contribution in [0.1, 0.15) is 30.2 Å². The third kappa shape index (κ3) is 2.00. The quantitative estimate of drug-likeness (QED) is 0.777. The van der Waals surface area contributed by atoms with Crippen molar-refractivity contribution in [3.05, 3.63) is 11.5 Å². The topological polar surface area (TPSA) is 64.7 Å². The van der Waals surface area contributed by atoms with E-state index in [4.69, 9.17) is 16.1 Å². The minimum Gasteiger partial charge on any atom is -0.333 e. The largest absolute Gasteiger partial charge is 0.333 e. The number of hydrogen-bond acceptors (Lipinski definition) is 6. The van der Waals surface area contributed by atoms with E-state index in [9.17, 15) is 0 Å². The monoisotopic (exact) mass is 244 g/mol. The molecular formula is C8H9ClN4OS. The summed E-state index contributed by atoms with van der Waals surface area (Å²) in [6, 6.07) is 0. The van der Waals surface area contributed by atoms with Gasteiger partial charge in [-0.25, -0.2) is 0 Å². The molecule has 0 aliphatic heterocycles. The van der Waals surface area contributed by atoms with Gasteiger partial charge in [-0.3, -0.25) is 0 Å². The molecule has 2 heterocycles. The molecule has 80 valence electrons. The van der Waals surface area contributed by atoms with Crippen molar-refractivity contribution in [1.29, 1.82) is 0 Å². The van der Waals surface area contributed by atoms with Crippen molar-refractivity contribution >= 4 is 23.1 Å². The maximum Gasteiger partial charge on any atom is 0.271 e. The summed E-state index contributed by atoms with van der Waals surface area (Å²) < 4.78 is 8.90. The van der Waals surface area contributed by atoms with Crippen molar-refractivity contribution in [2.24, 2.45) is 0 Å². The van der Waals surface area contributed by atoms with Crippen LogP contribution in [0.25, 0.3) is 10.8 Å². The van der Waals surface area contributed by atoms with Crippen molar-refractivity contribution in [3.8, 4) is 10.8 Å². The molecule has 0 spiro atoms. The lowest BCUT2D eigenvalue weighted by atomic mass is 10.3.